The van der Waals surface area contributed by atoms with Gasteiger partial charge in [-0.2, -0.15) is 0 Å². The van der Waals surface area contributed by atoms with Gasteiger partial charge in [-0.25, -0.2) is 0 Å². The molecule has 38 heavy (non-hydrogen) atoms. The van der Waals surface area contributed by atoms with Crippen LogP contribution in [0.3, 0.4) is 0 Å². The van der Waals surface area contributed by atoms with Crippen molar-refractivity contribution in [3.8, 4) is 0 Å². The van der Waals surface area contributed by atoms with Crippen LogP contribution < -0.4 is 19.6 Å². The highest BCUT2D eigenvalue weighted by atomic mass is 15.2. The molecule has 4 aromatic rings. The maximum atomic E-state index is 2.57. The predicted molar refractivity (Wildman–Crippen MR) is 164 cm³/mol. The summed E-state index contributed by atoms with van der Waals surface area (Å²) >= 11 is 0. The first-order valence-electron chi connectivity index (χ1n) is 14.1. The van der Waals surface area contributed by atoms with E-state index in [0.717, 1.165) is 65.2 Å². The van der Waals surface area contributed by atoms with Crippen LogP contribution in [0.1, 0.15) is 12.8 Å². The van der Waals surface area contributed by atoms with Crippen molar-refractivity contribution in [1.82, 2.24) is 0 Å². The summed E-state index contributed by atoms with van der Waals surface area (Å²) in [7, 11) is 0. The van der Waals surface area contributed by atoms with Gasteiger partial charge in [-0.05, 0) is 61.4 Å². The van der Waals surface area contributed by atoms with E-state index in [9.17, 15) is 0 Å². The molecule has 4 nitrogen and oxygen atoms in total. The molecule has 5 rings (SSSR count). The molecule has 0 amide bonds. The van der Waals surface area contributed by atoms with Crippen molar-refractivity contribution in [1.29, 1.82) is 0 Å². The minimum atomic E-state index is 1.01. The Kier molecular flexibility index (Phi) is 9.19. The van der Waals surface area contributed by atoms with Gasteiger partial charge in [0.2, 0.25) is 0 Å². The van der Waals surface area contributed by atoms with Gasteiger partial charge in [-0.3, -0.25) is 0 Å². The zero-order valence-corrected chi connectivity index (χ0v) is 22.4. The van der Waals surface area contributed by atoms with E-state index in [1.165, 1.54) is 22.7 Å². The van der Waals surface area contributed by atoms with Crippen molar-refractivity contribution >= 4 is 22.7 Å². The Morgan fingerprint density at radius 1 is 0.263 bits per heavy atom. The Morgan fingerprint density at radius 2 is 0.474 bits per heavy atom. The summed E-state index contributed by atoms with van der Waals surface area (Å²) in [5, 5.41) is 0. The number of hydrogen-bond acceptors (Lipinski definition) is 4. The molecule has 0 atom stereocenters. The third kappa shape index (κ3) is 7.10. The first kappa shape index (κ1) is 25.7. The number of nitrogens with zero attached hydrogens (tertiary/aromatic N) is 4. The Morgan fingerprint density at radius 3 is 0.684 bits per heavy atom. The van der Waals surface area contributed by atoms with Gasteiger partial charge >= 0.3 is 0 Å². The molecule has 0 unspecified atom stereocenters. The van der Waals surface area contributed by atoms with Gasteiger partial charge in [-0.1, -0.05) is 72.8 Å². The number of anilines is 4. The fourth-order valence-electron chi connectivity index (χ4n) is 5.42. The lowest BCUT2D eigenvalue weighted by molar-refractivity contribution is 0.632. The van der Waals surface area contributed by atoms with E-state index in [4.69, 9.17) is 0 Å². The van der Waals surface area contributed by atoms with Crippen molar-refractivity contribution in [3.05, 3.63) is 121 Å². The average molecular weight is 505 g/mol. The van der Waals surface area contributed by atoms with Crippen molar-refractivity contribution < 1.29 is 0 Å². The minimum Gasteiger partial charge on any atom is -0.370 e. The van der Waals surface area contributed by atoms with E-state index in [-0.39, 0.29) is 0 Å². The van der Waals surface area contributed by atoms with Gasteiger partial charge in [0, 0.05) is 75.1 Å². The zero-order chi connectivity index (χ0) is 25.8. The maximum Gasteiger partial charge on any atom is 0.0366 e. The van der Waals surface area contributed by atoms with E-state index < -0.39 is 0 Å². The molecular formula is C34H40N4. The molecule has 4 aromatic carbocycles. The van der Waals surface area contributed by atoms with Crippen LogP contribution in [-0.2, 0) is 0 Å². The lowest BCUT2D eigenvalue weighted by Gasteiger charge is -2.35. The molecular weight excluding hydrogens is 464 g/mol. The number of benzene rings is 4. The molecule has 1 heterocycles. The van der Waals surface area contributed by atoms with Gasteiger partial charge in [0.1, 0.15) is 0 Å². The van der Waals surface area contributed by atoms with E-state index in [2.05, 4.69) is 141 Å². The zero-order valence-electron chi connectivity index (χ0n) is 22.4. The summed E-state index contributed by atoms with van der Waals surface area (Å²) in [4.78, 5) is 10.3. The molecule has 0 N–H and O–H groups in total. The Bertz CT molecular complexity index is 992. The highest BCUT2D eigenvalue weighted by Crippen LogP contribution is 2.21. The molecule has 0 aliphatic carbocycles. The van der Waals surface area contributed by atoms with Crippen molar-refractivity contribution in [2.45, 2.75) is 12.8 Å². The highest BCUT2D eigenvalue weighted by molar-refractivity contribution is 5.51. The van der Waals surface area contributed by atoms with Crippen LogP contribution in [0.25, 0.3) is 0 Å². The number of para-hydroxylation sites is 4. The van der Waals surface area contributed by atoms with Crippen LogP contribution in [-0.4, -0.2) is 52.4 Å². The molecule has 0 radical (unpaired) electrons. The van der Waals surface area contributed by atoms with Crippen LogP contribution >= 0.6 is 0 Å². The quantitative estimate of drug-likeness (QED) is 0.303. The average Bonchev–Trinajstić information content (AvgIpc) is 2.99. The van der Waals surface area contributed by atoms with E-state index in [1.54, 1.807) is 0 Å². The number of hydrogen-bond donors (Lipinski definition) is 0. The molecule has 0 bridgehead atoms. The van der Waals surface area contributed by atoms with Gasteiger partial charge in [0.15, 0.2) is 0 Å². The summed E-state index contributed by atoms with van der Waals surface area (Å²) < 4.78 is 0. The monoisotopic (exact) mass is 504 g/mol. The molecule has 1 fully saturated rings. The first-order valence-corrected chi connectivity index (χ1v) is 14.1. The molecule has 0 saturated carbocycles. The van der Waals surface area contributed by atoms with Crippen LogP contribution in [0.5, 0.6) is 0 Å². The summed E-state index contributed by atoms with van der Waals surface area (Å²) in [5.41, 5.74) is 5.26. The SMILES string of the molecule is c1ccc(N2CCCN(c3ccccc3)CCN(c3ccccc3)CCCN(c3ccccc3)CC2)cc1. The second-order valence-corrected chi connectivity index (χ2v) is 10.00. The van der Waals surface area contributed by atoms with E-state index in [0.29, 0.717) is 0 Å². The van der Waals surface area contributed by atoms with Crippen molar-refractivity contribution in [3.63, 3.8) is 0 Å². The normalized spacial score (nSPS) is 16.2. The highest BCUT2D eigenvalue weighted by Gasteiger charge is 2.16. The Balaban J connectivity index is 1.39. The van der Waals surface area contributed by atoms with Crippen LogP contribution in [0.2, 0.25) is 0 Å². The van der Waals surface area contributed by atoms with Gasteiger partial charge in [0.25, 0.3) is 0 Å². The van der Waals surface area contributed by atoms with Crippen LogP contribution in [0.15, 0.2) is 121 Å². The fourth-order valence-corrected chi connectivity index (χ4v) is 5.42. The molecule has 0 aromatic heterocycles. The van der Waals surface area contributed by atoms with Crippen molar-refractivity contribution in [2.24, 2.45) is 0 Å². The van der Waals surface area contributed by atoms with Crippen LogP contribution in [0, 0.1) is 0 Å². The minimum absolute atomic E-state index is 1.01. The third-order valence-electron chi connectivity index (χ3n) is 7.48. The first-order chi connectivity index (χ1) is 18.9. The largest absolute Gasteiger partial charge is 0.370 e. The summed E-state index contributed by atoms with van der Waals surface area (Å²) in [6.07, 6.45) is 2.22. The smallest absolute Gasteiger partial charge is 0.0366 e. The van der Waals surface area contributed by atoms with Crippen molar-refractivity contribution in [2.75, 3.05) is 72.0 Å². The maximum absolute atomic E-state index is 2.57. The Labute approximate surface area is 228 Å². The summed E-state index contributed by atoms with van der Waals surface area (Å²) in [6, 6.07) is 43.7. The standard InChI is InChI=1S/C34H40N4/c1-5-15-31(16-6-1)35-23-13-24-37(33-19-9-3-10-20-33)29-30-38(34-21-11-4-12-22-34)26-14-25-36(28-27-35)32-17-7-2-8-18-32/h1-12,15-22H,13-14,23-30H2. The summed E-state index contributed by atoms with van der Waals surface area (Å²) in [5.74, 6) is 0. The molecule has 1 aliphatic heterocycles. The molecule has 0 spiro atoms. The molecule has 196 valence electrons. The van der Waals surface area contributed by atoms with Gasteiger partial charge < -0.3 is 19.6 Å². The third-order valence-corrected chi connectivity index (χ3v) is 7.48. The second-order valence-electron chi connectivity index (χ2n) is 10.00. The predicted octanol–water partition coefficient (Wildman–Crippen LogP) is 6.81. The van der Waals surface area contributed by atoms with E-state index in [1.807, 2.05) is 0 Å². The second kappa shape index (κ2) is 13.6. The van der Waals surface area contributed by atoms with Gasteiger partial charge in [0.05, 0.1) is 0 Å². The van der Waals surface area contributed by atoms with E-state index >= 15 is 0 Å². The Hall–Kier alpha value is -3.92. The van der Waals surface area contributed by atoms with Crippen LogP contribution in [0.4, 0.5) is 22.7 Å². The fraction of sp³-hybridized carbons (Fsp3) is 0.294. The number of rotatable bonds is 4. The molecule has 1 aliphatic rings. The lowest BCUT2D eigenvalue weighted by Crippen LogP contribution is -2.41. The topological polar surface area (TPSA) is 13.0 Å². The lowest BCUT2D eigenvalue weighted by atomic mass is 10.2. The van der Waals surface area contributed by atoms with Gasteiger partial charge in [-0.15, -0.1) is 0 Å². The molecule has 1 saturated heterocycles. The summed E-state index contributed by atoms with van der Waals surface area (Å²) in [6.45, 7) is 8.19. The molecule has 4 heteroatoms.